The smallest absolute Gasteiger partial charge is 0.175 e. The van der Waals surface area contributed by atoms with Crippen molar-refractivity contribution in [3.8, 4) is 0 Å². The molecule has 1 aliphatic rings. The first-order valence-electron chi connectivity index (χ1n) is 7.01. The van der Waals surface area contributed by atoms with Gasteiger partial charge in [0.15, 0.2) is 5.78 Å². The number of Topliss-reactive ketones (excluding diaryl/α,β-unsaturated/α-hetero) is 1. The van der Waals surface area contributed by atoms with Crippen LogP contribution in [0.3, 0.4) is 0 Å². The van der Waals surface area contributed by atoms with Crippen LogP contribution in [0.4, 0.5) is 0 Å². The third-order valence-electron chi connectivity index (χ3n) is 3.78. The Kier molecular flexibility index (Phi) is 5.52. The number of hydrogen-bond acceptors (Lipinski definition) is 2. The van der Waals surface area contributed by atoms with Gasteiger partial charge in [-0.15, -0.1) is 11.8 Å². The van der Waals surface area contributed by atoms with E-state index in [0.29, 0.717) is 5.25 Å². The molecule has 2 rings (SSSR count). The second-order valence-corrected chi connectivity index (χ2v) is 8.10. The Morgan fingerprint density at radius 2 is 2.00 bits per heavy atom. The van der Waals surface area contributed by atoms with E-state index in [4.69, 9.17) is 0 Å². The van der Waals surface area contributed by atoms with E-state index in [1.54, 1.807) is 0 Å². The van der Waals surface area contributed by atoms with Crippen LogP contribution in [0.25, 0.3) is 0 Å². The lowest BCUT2D eigenvalue weighted by Crippen LogP contribution is -2.22. The summed E-state index contributed by atoms with van der Waals surface area (Å²) in [5.41, 5.74) is 0.826. The van der Waals surface area contributed by atoms with Crippen molar-refractivity contribution >= 4 is 33.5 Å². The molecule has 0 aromatic heterocycles. The molecular weight excluding hydrogens is 320 g/mol. The van der Waals surface area contributed by atoms with Gasteiger partial charge in [-0.25, -0.2) is 0 Å². The van der Waals surface area contributed by atoms with Crippen molar-refractivity contribution in [2.75, 3.05) is 0 Å². The SMILES string of the molecule is CC1CCCC(SC(C)C(=O)c2ccc(Br)cc2)C1. The summed E-state index contributed by atoms with van der Waals surface area (Å²) < 4.78 is 1.02. The highest BCUT2D eigenvalue weighted by atomic mass is 79.9. The molecule has 0 bridgehead atoms. The van der Waals surface area contributed by atoms with Gasteiger partial charge in [0.25, 0.3) is 0 Å². The predicted molar refractivity (Wildman–Crippen MR) is 86.9 cm³/mol. The van der Waals surface area contributed by atoms with E-state index in [2.05, 4.69) is 22.9 Å². The summed E-state index contributed by atoms with van der Waals surface area (Å²) in [5, 5.41) is 0.731. The van der Waals surface area contributed by atoms with Gasteiger partial charge in [0.2, 0.25) is 0 Å². The van der Waals surface area contributed by atoms with Crippen LogP contribution in [-0.4, -0.2) is 16.3 Å². The van der Waals surface area contributed by atoms with E-state index in [0.717, 1.165) is 16.0 Å². The standard InChI is InChI=1S/C16H21BrOS/c1-11-4-3-5-15(10-11)19-12(2)16(18)13-6-8-14(17)9-7-13/h6-9,11-12,15H,3-5,10H2,1-2H3. The van der Waals surface area contributed by atoms with Gasteiger partial charge in [-0.3, -0.25) is 4.79 Å². The lowest BCUT2D eigenvalue weighted by molar-refractivity contribution is 0.0993. The molecule has 1 fully saturated rings. The maximum absolute atomic E-state index is 12.4. The van der Waals surface area contributed by atoms with Gasteiger partial charge in [0.05, 0.1) is 5.25 Å². The molecule has 104 valence electrons. The van der Waals surface area contributed by atoms with E-state index < -0.39 is 0 Å². The first-order valence-corrected chi connectivity index (χ1v) is 8.75. The molecule has 3 heteroatoms. The van der Waals surface area contributed by atoms with Crippen molar-refractivity contribution in [3.05, 3.63) is 34.3 Å². The van der Waals surface area contributed by atoms with Crippen molar-refractivity contribution in [1.82, 2.24) is 0 Å². The van der Waals surface area contributed by atoms with Crippen LogP contribution in [0, 0.1) is 5.92 Å². The van der Waals surface area contributed by atoms with Crippen molar-refractivity contribution in [1.29, 1.82) is 0 Å². The molecular formula is C16H21BrOS. The van der Waals surface area contributed by atoms with Crippen LogP contribution < -0.4 is 0 Å². The molecule has 1 aromatic carbocycles. The summed E-state index contributed by atoms with van der Waals surface area (Å²) in [6, 6.07) is 7.69. The molecule has 0 amide bonds. The molecule has 0 spiro atoms. The Labute approximate surface area is 128 Å². The summed E-state index contributed by atoms with van der Waals surface area (Å²) in [4.78, 5) is 12.4. The maximum Gasteiger partial charge on any atom is 0.175 e. The molecule has 1 nitrogen and oxygen atoms in total. The summed E-state index contributed by atoms with van der Waals surface area (Å²) in [6.07, 6.45) is 5.21. The van der Waals surface area contributed by atoms with E-state index in [1.165, 1.54) is 25.7 Å². The third-order valence-corrected chi connectivity index (χ3v) is 5.75. The van der Waals surface area contributed by atoms with Crippen LogP contribution in [0.5, 0.6) is 0 Å². The van der Waals surface area contributed by atoms with Gasteiger partial charge in [-0.2, -0.15) is 0 Å². The molecule has 0 heterocycles. The van der Waals surface area contributed by atoms with Crippen LogP contribution in [-0.2, 0) is 0 Å². The molecule has 0 aliphatic heterocycles. The first kappa shape index (κ1) is 15.1. The summed E-state index contributed by atoms with van der Waals surface area (Å²) in [7, 11) is 0. The minimum Gasteiger partial charge on any atom is -0.293 e. The van der Waals surface area contributed by atoms with Crippen LogP contribution >= 0.6 is 27.7 Å². The second-order valence-electron chi connectivity index (χ2n) is 5.54. The Morgan fingerprint density at radius 3 is 2.63 bits per heavy atom. The summed E-state index contributed by atoms with van der Waals surface area (Å²) >= 11 is 5.27. The molecule has 0 saturated heterocycles. The van der Waals surface area contributed by atoms with Crippen LogP contribution in [0.15, 0.2) is 28.7 Å². The quantitative estimate of drug-likeness (QED) is 0.688. The third kappa shape index (κ3) is 4.35. The molecule has 19 heavy (non-hydrogen) atoms. The predicted octanol–water partition coefficient (Wildman–Crippen LogP) is 5.33. The van der Waals surface area contributed by atoms with Crippen molar-refractivity contribution in [2.24, 2.45) is 5.92 Å². The van der Waals surface area contributed by atoms with E-state index in [-0.39, 0.29) is 11.0 Å². The molecule has 1 aliphatic carbocycles. The fourth-order valence-corrected chi connectivity index (χ4v) is 4.55. The number of thioether (sulfide) groups is 1. The Balaban J connectivity index is 1.93. The highest BCUT2D eigenvalue weighted by Gasteiger charge is 2.24. The van der Waals surface area contributed by atoms with E-state index >= 15 is 0 Å². The Bertz CT molecular complexity index is 429. The minimum absolute atomic E-state index is 0.0662. The minimum atomic E-state index is 0.0662. The zero-order valence-electron chi connectivity index (χ0n) is 11.6. The average molecular weight is 341 g/mol. The van der Waals surface area contributed by atoms with Crippen LogP contribution in [0.1, 0.15) is 49.9 Å². The molecule has 1 aromatic rings. The van der Waals surface area contributed by atoms with Gasteiger partial charge < -0.3 is 0 Å². The molecule has 3 unspecified atom stereocenters. The fourth-order valence-electron chi connectivity index (χ4n) is 2.70. The first-order chi connectivity index (χ1) is 9.06. The fraction of sp³-hybridized carbons (Fsp3) is 0.562. The molecule has 0 N–H and O–H groups in total. The van der Waals surface area contributed by atoms with Gasteiger partial charge >= 0.3 is 0 Å². The lowest BCUT2D eigenvalue weighted by atomic mass is 9.91. The summed E-state index contributed by atoms with van der Waals surface area (Å²) in [6.45, 7) is 4.38. The topological polar surface area (TPSA) is 17.1 Å². The zero-order chi connectivity index (χ0) is 13.8. The maximum atomic E-state index is 12.4. The second kappa shape index (κ2) is 6.94. The van der Waals surface area contributed by atoms with E-state index in [9.17, 15) is 4.79 Å². The van der Waals surface area contributed by atoms with Crippen molar-refractivity contribution in [2.45, 2.75) is 50.0 Å². The van der Waals surface area contributed by atoms with Gasteiger partial charge in [-0.1, -0.05) is 47.8 Å². The lowest BCUT2D eigenvalue weighted by Gasteiger charge is -2.28. The number of rotatable bonds is 4. The number of carbonyl (C=O) groups is 1. The normalized spacial score (nSPS) is 25.0. The van der Waals surface area contributed by atoms with Crippen molar-refractivity contribution in [3.63, 3.8) is 0 Å². The van der Waals surface area contributed by atoms with Gasteiger partial charge in [0.1, 0.15) is 0 Å². The monoisotopic (exact) mass is 340 g/mol. The zero-order valence-corrected chi connectivity index (χ0v) is 14.0. The number of carbonyl (C=O) groups excluding carboxylic acids is 1. The number of ketones is 1. The number of halogens is 1. The molecule has 3 atom stereocenters. The number of hydrogen-bond donors (Lipinski definition) is 0. The Morgan fingerprint density at radius 1 is 1.32 bits per heavy atom. The van der Waals surface area contributed by atoms with Crippen LogP contribution in [0.2, 0.25) is 0 Å². The molecule has 1 saturated carbocycles. The summed E-state index contributed by atoms with van der Waals surface area (Å²) in [5.74, 6) is 1.08. The molecule has 0 radical (unpaired) electrons. The van der Waals surface area contributed by atoms with Crippen molar-refractivity contribution < 1.29 is 4.79 Å². The average Bonchev–Trinajstić information content (AvgIpc) is 2.39. The number of benzene rings is 1. The highest BCUT2D eigenvalue weighted by molar-refractivity contribution is 9.10. The van der Waals surface area contributed by atoms with E-state index in [1.807, 2.05) is 43.0 Å². The Hall–Kier alpha value is -0.280. The van der Waals surface area contributed by atoms with Gasteiger partial charge in [0, 0.05) is 15.3 Å². The van der Waals surface area contributed by atoms with Gasteiger partial charge in [-0.05, 0) is 37.8 Å². The highest BCUT2D eigenvalue weighted by Crippen LogP contribution is 2.34. The largest absolute Gasteiger partial charge is 0.293 e.